The van der Waals surface area contributed by atoms with E-state index < -0.39 is 0 Å². The van der Waals surface area contributed by atoms with Gasteiger partial charge < -0.3 is 10.2 Å². The summed E-state index contributed by atoms with van der Waals surface area (Å²) in [5, 5.41) is 3.62. The van der Waals surface area contributed by atoms with E-state index in [1.165, 1.54) is 17.5 Å². The minimum absolute atomic E-state index is 0. The zero-order valence-corrected chi connectivity index (χ0v) is 14.6. The van der Waals surface area contributed by atoms with Crippen LogP contribution in [0.2, 0.25) is 0 Å². The standard InChI is InChI=1S/C16H23N3.HI/c1-3-17-16(18-15-10-12(15)2)19-9-8-13-6-4-5-7-14(13)11-19;/h4-7,12,15H,3,8-11H2,1-2H3,(H,17,18);1H. The third-order valence-electron chi connectivity index (χ3n) is 4.16. The van der Waals surface area contributed by atoms with E-state index in [4.69, 9.17) is 0 Å². The molecule has 0 amide bonds. The molecule has 1 aromatic carbocycles. The molecular weight excluding hydrogens is 361 g/mol. The molecule has 0 saturated heterocycles. The molecule has 1 aliphatic carbocycles. The van der Waals surface area contributed by atoms with Crippen molar-refractivity contribution in [1.82, 2.24) is 10.2 Å². The summed E-state index contributed by atoms with van der Waals surface area (Å²) in [6.45, 7) is 7.32. The van der Waals surface area contributed by atoms with Gasteiger partial charge >= 0.3 is 0 Å². The molecule has 0 spiro atoms. The number of nitrogens with one attached hydrogen (secondary N) is 1. The van der Waals surface area contributed by atoms with Crippen LogP contribution in [0.25, 0.3) is 0 Å². The molecule has 1 aromatic rings. The van der Waals surface area contributed by atoms with E-state index in [1.54, 1.807) is 0 Å². The first-order valence-electron chi connectivity index (χ1n) is 7.40. The van der Waals surface area contributed by atoms with Gasteiger partial charge in [-0.1, -0.05) is 31.2 Å². The van der Waals surface area contributed by atoms with Crippen molar-refractivity contribution in [2.45, 2.75) is 39.3 Å². The van der Waals surface area contributed by atoms with Crippen LogP contribution in [-0.2, 0) is 13.0 Å². The second-order valence-corrected chi connectivity index (χ2v) is 5.70. The van der Waals surface area contributed by atoms with E-state index in [0.717, 1.165) is 37.9 Å². The predicted octanol–water partition coefficient (Wildman–Crippen LogP) is 3.04. The van der Waals surface area contributed by atoms with Gasteiger partial charge in [-0.05, 0) is 36.8 Å². The smallest absolute Gasteiger partial charge is 0.194 e. The molecule has 1 N–H and O–H groups in total. The highest BCUT2D eigenvalue weighted by atomic mass is 127. The van der Waals surface area contributed by atoms with Gasteiger partial charge in [-0.25, -0.2) is 0 Å². The lowest BCUT2D eigenvalue weighted by molar-refractivity contribution is 0.377. The summed E-state index contributed by atoms with van der Waals surface area (Å²) in [7, 11) is 0. The fourth-order valence-electron chi connectivity index (χ4n) is 2.75. The van der Waals surface area contributed by atoms with Crippen LogP contribution in [0, 0.1) is 5.92 Å². The van der Waals surface area contributed by atoms with Crippen molar-refractivity contribution in [2.75, 3.05) is 13.1 Å². The van der Waals surface area contributed by atoms with Crippen molar-refractivity contribution in [3.05, 3.63) is 35.4 Å². The van der Waals surface area contributed by atoms with Gasteiger partial charge in [0.25, 0.3) is 0 Å². The van der Waals surface area contributed by atoms with E-state index in [9.17, 15) is 0 Å². The Kier molecular flexibility index (Phi) is 5.29. The van der Waals surface area contributed by atoms with Crippen LogP contribution < -0.4 is 5.32 Å². The monoisotopic (exact) mass is 385 g/mol. The fourth-order valence-corrected chi connectivity index (χ4v) is 2.75. The van der Waals surface area contributed by atoms with Crippen molar-refractivity contribution in [1.29, 1.82) is 0 Å². The molecular formula is C16H24IN3. The van der Waals surface area contributed by atoms with Crippen LogP contribution in [0.15, 0.2) is 29.3 Å². The molecule has 20 heavy (non-hydrogen) atoms. The molecule has 2 aliphatic rings. The number of nitrogens with zero attached hydrogens (tertiary/aromatic N) is 2. The normalized spacial score (nSPS) is 24.7. The number of hydrogen-bond donors (Lipinski definition) is 1. The van der Waals surface area contributed by atoms with Gasteiger partial charge in [0, 0.05) is 25.7 Å². The minimum atomic E-state index is 0. The zero-order valence-electron chi connectivity index (χ0n) is 12.3. The van der Waals surface area contributed by atoms with E-state index in [-0.39, 0.29) is 24.0 Å². The zero-order chi connectivity index (χ0) is 13.2. The highest BCUT2D eigenvalue weighted by Gasteiger charge is 2.34. The Bertz CT molecular complexity index is 486. The van der Waals surface area contributed by atoms with Crippen LogP contribution in [-0.4, -0.2) is 30.0 Å². The molecule has 1 heterocycles. The van der Waals surface area contributed by atoms with E-state index in [1.807, 2.05) is 0 Å². The fraction of sp³-hybridized carbons (Fsp3) is 0.562. The predicted molar refractivity (Wildman–Crippen MR) is 94.7 cm³/mol. The molecule has 110 valence electrons. The third kappa shape index (κ3) is 3.45. The molecule has 2 atom stereocenters. The van der Waals surface area contributed by atoms with Crippen LogP contribution >= 0.6 is 24.0 Å². The maximum Gasteiger partial charge on any atom is 0.194 e. The first-order chi connectivity index (χ1) is 9.28. The lowest BCUT2D eigenvalue weighted by atomic mass is 10.0. The Labute approximate surface area is 138 Å². The quantitative estimate of drug-likeness (QED) is 0.482. The highest BCUT2D eigenvalue weighted by Crippen LogP contribution is 2.29. The molecule has 4 heteroatoms. The molecule has 3 nitrogen and oxygen atoms in total. The summed E-state index contributed by atoms with van der Waals surface area (Å²) < 4.78 is 0. The molecule has 3 rings (SSSR count). The van der Waals surface area contributed by atoms with E-state index in [0.29, 0.717) is 6.04 Å². The van der Waals surface area contributed by atoms with E-state index >= 15 is 0 Å². The first kappa shape index (κ1) is 15.6. The largest absolute Gasteiger partial charge is 0.353 e. The molecule has 1 fully saturated rings. The maximum absolute atomic E-state index is 4.67. The molecule has 1 aliphatic heterocycles. The van der Waals surface area contributed by atoms with Crippen molar-refractivity contribution in [2.24, 2.45) is 10.9 Å². The molecule has 0 bridgehead atoms. The van der Waals surface area contributed by atoms with Gasteiger partial charge in [0.2, 0.25) is 0 Å². The van der Waals surface area contributed by atoms with Crippen LogP contribution in [0.4, 0.5) is 0 Å². The summed E-state index contributed by atoms with van der Waals surface area (Å²) in [6, 6.07) is 9.40. The van der Waals surface area contributed by atoms with Gasteiger partial charge in [-0.15, -0.1) is 24.0 Å². The lowest BCUT2D eigenvalue weighted by Crippen LogP contribution is -2.45. The van der Waals surface area contributed by atoms with Gasteiger partial charge in [0.15, 0.2) is 5.96 Å². The highest BCUT2D eigenvalue weighted by molar-refractivity contribution is 14.0. The lowest BCUT2D eigenvalue weighted by Gasteiger charge is -2.32. The van der Waals surface area contributed by atoms with Crippen LogP contribution in [0.1, 0.15) is 31.4 Å². The van der Waals surface area contributed by atoms with Crippen molar-refractivity contribution in [3.8, 4) is 0 Å². The van der Waals surface area contributed by atoms with Crippen LogP contribution in [0.5, 0.6) is 0 Å². The Balaban J connectivity index is 0.00000147. The summed E-state index contributed by atoms with van der Waals surface area (Å²) in [5.41, 5.74) is 2.94. The van der Waals surface area contributed by atoms with Gasteiger partial charge in [-0.2, -0.15) is 0 Å². The van der Waals surface area contributed by atoms with Crippen LogP contribution in [0.3, 0.4) is 0 Å². The Hall–Kier alpha value is -0.780. The Morgan fingerprint density at radius 2 is 2.05 bits per heavy atom. The number of rotatable bonds is 2. The first-order valence-corrected chi connectivity index (χ1v) is 7.40. The number of aliphatic imine (C=N–C) groups is 1. The Morgan fingerprint density at radius 3 is 2.70 bits per heavy atom. The van der Waals surface area contributed by atoms with Gasteiger partial charge in [0.1, 0.15) is 0 Å². The molecule has 1 saturated carbocycles. The van der Waals surface area contributed by atoms with Gasteiger partial charge in [0.05, 0.1) is 0 Å². The van der Waals surface area contributed by atoms with Crippen molar-refractivity contribution >= 4 is 29.9 Å². The average molecular weight is 385 g/mol. The maximum atomic E-state index is 4.67. The number of benzene rings is 1. The molecule has 0 aromatic heterocycles. The minimum Gasteiger partial charge on any atom is -0.353 e. The molecule has 0 radical (unpaired) electrons. The second kappa shape index (κ2) is 6.78. The van der Waals surface area contributed by atoms with Gasteiger partial charge in [-0.3, -0.25) is 4.99 Å². The average Bonchev–Trinajstić information content (AvgIpc) is 3.13. The summed E-state index contributed by atoms with van der Waals surface area (Å²) >= 11 is 0. The summed E-state index contributed by atoms with van der Waals surface area (Å²) in [5.74, 6) is 1.91. The number of fused-ring (bicyclic) bond motifs is 1. The van der Waals surface area contributed by atoms with E-state index in [2.05, 4.69) is 53.3 Å². The van der Waals surface area contributed by atoms with Crippen molar-refractivity contribution in [3.63, 3.8) is 0 Å². The second-order valence-electron chi connectivity index (χ2n) is 5.70. The molecule has 2 unspecified atom stereocenters. The SMILES string of the molecule is CCN=C(NC1CC1C)N1CCc2ccccc2C1.I. The summed E-state index contributed by atoms with van der Waals surface area (Å²) in [6.07, 6.45) is 2.41. The summed E-state index contributed by atoms with van der Waals surface area (Å²) in [4.78, 5) is 7.07. The number of halogens is 1. The third-order valence-corrected chi connectivity index (χ3v) is 4.16. The number of guanidine groups is 1. The topological polar surface area (TPSA) is 27.6 Å². The Morgan fingerprint density at radius 1 is 1.35 bits per heavy atom. The van der Waals surface area contributed by atoms with Crippen molar-refractivity contribution < 1.29 is 0 Å². The number of hydrogen-bond acceptors (Lipinski definition) is 1.